The largest absolute Gasteiger partial charge is 0.480 e. The Morgan fingerprint density at radius 3 is 1.91 bits per heavy atom. The van der Waals surface area contributed by atoms with Crippen molar-refractivity contribution in [2.45, 2.75) is 57.3 Å². The zero-order valence-corrected chi connectivity index (χ0v) is 19.2. The molecule has 4 atom stereocenters. The first-order valence-electron chi connectivity index (χ1n) is 10.8. The standard InChI is InChI=1S/C22H33N5O7/c1-12(2)8-15(25-19(30)14(23)9-13-6-4-3-5-7-13)20(31)26-16(10-18(24)29)21(32)27-17(11-28)22(33)34/h3-7,12,14-17,28H,8-11,23H2,1-2H3,(H2,24,29)(H,25,30)(H,26,31)(H,27,32)(H,33,34). The van der Waals surface area contributed by atoms with Crippen LogP contribution in [0.15, 0.2) is 30.3 Å². The number of carbonyl (C=O) groups excluding carboxylic acids is 4. The minimum atomic E-state index is -1.64. The van der Waals surface area contributed by atoms with E-state index in [0.717, 1.165) is 5.56 Å². The van der Waals surface area contributed by atoms with Gasteiger partial charge in [-0.05, 0) is 24.3 Å². The van der Waals surface area contributed by atoms with Crippen LogP contribution in [0, 0.1) is 5.92 Å². The van der Waals surface area contributed by atoms with Gasteiger partial charge in [0.15, 0.2) is 0 Å². The number of aliphatic hydroxyl groups is 1. The highest BCUT2D eigenvalue weighted by molar-refractivity contribution is 5.96. The van der Waals surface area contributed by atoms with Crippen LogP contribution < -0.4 is 27.4 Å². The first-order chi connectivity index (χ1) is 15.9. The van der Waals surface area contributed by atoms with Gasteiger partial charge in [-0.1, -0.05) is 44.2 Å². The molecule has 1 rings (SSSR count). The Kier molecular flexibility index (Phi) is 11.7. The van der Waals surface area contributed by atoms with Crippen LogP contribution in [0.2, 0.25) is 0 Å². The van der Waals surface area contributed by atoms with Gasteiger partial charge in [-0.3, -0.25) is 19.2 Å². The quantitative estimate of drug-likeness (QED) is 0.158. The van der Waals surface area contributed by atoms with Crippen LogP contribution in [-0.2, 0) is 30.4 Å². The van der Waals surface area contributed by atoms with Crippen molar-refractivity contribution in [1.82, 2.24) is 16.0 Å². The molecule has 0 heterocycles. The smallest absolute Gasteiger partial charge is 0.328 e. The number of nitrogens with two attached hydrogens (primary N) is 2. The SMILES string of the molecule is CC(C)CC(NC(=O)C(N)Cc1ccccc1)C(=O)NC(CC(N)=O)C(=O)NC(CO)C(=O)O. The molecule has 0 aliphatic rings. The highest BCUT2D eigenvalue weighted by Gasteiger charge is 2.31. The van der Waals surface area contributed by atoms with Crippen LogP contribution in [0.1, 0.15) is 32.3 Å². The second-order valence-corrected chi connectivity index (χ2v) is 8.30. The minimum absolute atomic E-state index is 0.0319. The molecule has 12 nitrogen and oxygen atoms in total. The maximum atomic E-state index is 12.9. The van der Waals surface area contributed by atoms with Crippen molar-refractivity contribution >= 4 is 29.6 Å². The van der Waals surface area contributed by atoms with Gasteiger partial charge in [0.1, 0.15) is 18.1 Å². The lowest BCUT2D eigenvalue weighted by Crippen LogP contribution is -2.58. The Labute approximate surface area is 197 Å². The molecular formula is C22H33N5O7. The molecular weight excluding hydrogens is 446 g/mol. The zero-order chi connectivity index (χ0) is 25.8. The zero-order valence-electron chi connectivity index (χ0n) is 19.2. The third kappa shape index (κ3) is 9.96. The molecule has 0 fully saturated rings. The predicted molar refractivity (Wildman–Crippen MR) is 122 cm³/mol. The fourth-order valence-corrected chi connectivity index (χ4v) is 3.08. The lowest BCUT2D eigenvalue weighted by Gasteiger charge is -2.25. The van der Waals surface area contributed by atoms with Gasteiger partial charge < -0.3 is 37.6 Å². The summed E-state index contributed by atoms with van der Waals surface area (Å²) < 4.78 is 0. The lowest BCUT2D eigenvalue weighted by atomic mass is 10.0. The van der Waals surface area contributed by atoms with E-state index in [1.807, 2.05) is 49.5 Å². The third-order valence-electron chi connectivity index (χ3n) is 4.81. The third-order valence-corrected chi connectivity index (χ3v) is 4.81. The van der Waals surface area contributed by atoms with E-state index in [9.17, 15) is 24.0 Å². The number of hydrogen-bond acceptors (Lipinski definition) is 7. The summed E-state index contributed by atoms with van der Waals surface area (Å²) in [6.07, 6.45) is -0.173. The maximum absolute atomic E-state index is 12.9. The normalized spacial score (nSPS) is 14.4. The van der Waals surface area contributed by atoms with Crippen molar-refractivity contribution in [3.8, 4) is 0 Å². The first kappa shape index (κ1) is 28.5. The average Bonchev–Trinajstić information content (AvgIpc) is 2.75. The second-order valence-electron chi connectivity index (χ2n) is 8.30. The van der Waals surface area contributed by atoms with E-state index in [-0.39, 0.29) is 18.8 Å². The summed E-state index contributed by atoms with van der Waals surface area (Å²) in [4.78, 5) is 60.5. The molecule has 0 saturated carbocycles. The highest BCUT2D eigenvalue weighted by Crippen LogP contribution is 2.08. The van der Waals surface area contributed by atoms with Gasteiger partial charge in [-0.15, -0.1) is 0 Å². The fraction of sp³-hybridized carbons (Fsp3) is 0.500. The number of carboxylic acid groups (broad SMARTS) is 1. The second kappa shape index (κ2) is 13.9. The van der Waals surface area contributed by atoms with E-state index >= 15 is 0 Å². The summed E-state index contributed by atoms with van der Waals surface area (Å²) in [6.45, 7) is 2.74. The fourth-order valence-electron chi connectivity index (χ4n) is 3.08. The number of carboxylic acids is 1. The molecule has 1 aromatic carbocycles. The number of rotatable bonds is 14. The first-order valence-corrected chi connectivity index (χ1v) is 10.8. The summed E-state index contributed by atoms with van der Waals surface area (Å²) in [5, 5.41) is 25.0. The summed E-state index contributed by atoms with van der Waals surface area (Å²) in [6, 6.07) is 3.92. The number of benzene rings is 1. The molecule has 1 aromatic rings. The minimum Gasteiger partial charge on any atom is -0.480 e. The summed E-state index contributed by atoms with van der Waals surface area (Å²) in [7, 11) is 0. The Bertz CT molecular complexity index is 862. The van der Waals surface area contributed by atoms with Crippen molar-refractivity contribution in [2.24, 2.45) is 17.4 Å². The van der Waals surface area contributed by atoms with Crippen molar-refractivity contribution in [2.75, 3.05) is 6.61 Å². The number of nitrogens with one attached hydrogen (secondary N) is 3. The van der Waals surface area contributed by atoms with Gasteiger partial charge in [0.05, 0.1) is 19.1 Å². The van der Waals surface area contributed by atoms with Crippen molar-refractivity contribution in [3.05, 3.63) is 35.9 Å². The van der Waals surface area contributed by atoms with Gasteiger partial charge in [0, 0.05) is 0 Å². The van der Waals surface area contributed by atoms with E-state index < -0.39 is 66.8 Å². The summed E-state index contributed by atoms with van der Waals surface area (Å²) >= 11 is 0. The van der Waals surface area contributed by atoms with Crippen LogP contribution in [0.3, 0.4) is 0 Å². The molecule has 34 heavy (non-hydrogen) atoms. The van der Waals surface area contributed by atoms with E-state index in [1.165, 1.54) is 0 Å². The Hall–Kier alpha value is -3.51. The number of aliphatic carboxylic acids is 1. The Balaban J connectivity index is 2.93. The van der Waals surface area contributed by atoms with Gasteiger partial charge >= 0.3 is 5.97 Å². The number of primary amides is 1. The van der Waals surface area contributed by atoms with Crippen molar-refractivity contribution in [1.29, 1.82) is 0 Å². The molecule has 0 aliphatic carbocycles. The maximum Gasteiger partial charge on any atom is 0.328 e. The van der Waals surface area contributed by atoms with Crippen LogP contribution >= 0.6 is 0 Å². The molecule has 0 radical (unpaired) electrons. The molecule has 0 bridgehead atoms. The molecule has 12 heteroatoms. The molecule has 4 unspecified atom stereocenters. The monoisotopic (exact) mass is 479 g/mol. The van der Waals surface area contributed by atoms with Crippen LogP contribution in [0.5, 0.6) is 0 Å². The van der Waals surface area contributed by atoms with E-state index in [4.69, 9.17) is 21.7 Å². The van der Waals surface area contributed by atoms with Crippen LogP contribution in [0.25, 0.3) is 0 Å². The number of hydrogen-bond donors (Lipinski definition) is 7. The molecule has 188 valence electrons. The van der Waals surface area contributed by atoms with E-state index in [0.29, 0.717) is 0 Å². The van der Waals surface area contributed by atoms with Crippen molar-refractivity contribution in [3.63, 3.8) is 0 Å². The van der Waals surface area contributed by atoms with E-state index in [1.54, 1.807) is 0 Å². The molecule has 0 spiro atoms. The van der Waals surface area contributed by atoms with Gasteiger partial charge in [0.25, 0.3) is 0 Å². The Morgan fingerprint density at radius 2 is 1.41 bits per heavy atom. The van der Waals surface area contributed by atoms with Gasteiger partial charge in [-0.25, -0.2) is 4.79 Å². The Morgan fingerprint density at radius 1 is 0.882 bits per heavy atom. The molecule has 0 aromatic heterocycles. The summed E-state index contributed by atoms with van der Waals surface area (Å²) in [5.41, 5.74) is 12.0. The van der Waals surface area contributed by atoms with Crippen molar-refractivity contribution < 1.29 is 34.2 Å². The molecule has 4 amide bonds. The topological polar surface area (TPSA) is 214 Å². The summed E-state index contributed by atoms with van der Waals surface area (Å²) in [5.74, 6) is -4.83. The van der Waals surface area contributed by atoms with Gasteiger partial charge in [-0.2, -0.15) is 0 Å². The number of aliphatic hydroxyl groups excluding tert-OH is 1. The number of amides is 4. The van der Waals surface area contributed by atoms with E-state index in [2.05, 4.69) is 10.6 Å². The molecule has 0 saturated heterocycles. The predicted octanol–water partition coefficient (Wildman–Crippen LogP) is -1.99. The highest BCUT2D eigenvalue weighted by atomic mass is 16.4. The van der Waals surface area contributed by atoms with Crippen LogP contribution in [0.4, 0.5) is 0 Å². The van der Waals surface area contributed by atoms with Crippen LogP contribution in [-0.4, -0.2) is 70.6 Å². The number of carbonyl (C=O) groups is 5. The van der Waals surface area contributed by atoms with Gasteiger partial charge in [0.2, 0.25) is 23.6 Å². The lowest BCUT2D eigenvalue weighted by molar-refractivity contribution is -0.143. The average molecular weight is 480 g/mol. The molecule has 9 N–H and O–H groups in total. The molecule has 0 aliphatic heterocycles.